The molecule has 7 nitrogen and oxygen atoms in total. The number of carbonyl (C=O) groups is 1. The van der Waals surface area contributed by atoms with Crippen molar-refractivity contribution in [2.75, 3.05) is 19.0 Å². The van der Waals surface area contributed by atoms with Crippen LogP contribution in [0.3, 0.4) is 0 Å². The van der Waals surface area contributed by atoms with Crippen LogP contribution < -0.4 is 10.1 Å². The molecule has 1 aromatic heterocycles. The summed E-state index contributed by atoms with van der Waals surface area (Å²) < 4.78 is 4.85. The highest BCUT2D eigenvalue weighted by atomic mass is 35.5. The number of unbranched alkanes of at least 4 members (excludes halogenated alkanes) is 2. The maximum atomic E-state index is 10.3. The van der Waals surface area contributed by atoms with Gasteiger partial charge < -0.3 is 15.2 Å². The molecule has 0 saturated carbocycles. The molecule has 100 valence electrons. The number of rotatable bonds is 8. The summed E-state index contributed by atoms with van der Waals surface area (Å²) in [6, 6.07) is 0.156. The summed E-state index contributed by atoms with van der Waals surface area (Å²) in [6.07, 6.45) is 2.53. The molecule has 0 saturated heterocycles. The summed E-state index contributed by atoms with van der Waals surface area (Å²) in [5.41, 5.74) is 0. The molecule has 2 N–H and O–H groups in total. The Balaban J connectivity index is 2.26. The number of nitrogens with one attached hydrogen (secondary N) is 1. The fourth-order valence-corrected chi connectivity index (χ4v) is 1.43. The third-order valence-corrected chi connectivity index (χ3v) is 2.29. The molecule has 0 aliphatic heterocycles. The van der Waals surface area contributed by atoms with Crippen LogP contribution in [0.15, 0.2) is 0 Å². The Morgan fingerprint density at radius 2 is 2.11 bits per heavy atom. The van der Waals surface area contributed by atoms with Gasteiger partial charge in [0.25, 0.3) is 0 Å². The normalized spacial score (nSPS) is 10.1. The molecule has 18 heavy (non-hydrogen) atoms. The molecule has 0 amide bonds. The average molecular weight is 275 g/mol. The van der Waals surface area contributed by atoms with Crippen LogP contribution in [0.4, 0.5) is 5.95 Å². The van der Waals surface area contributed by atoms with Crippen LogP contribution in [0.1, 0.15) is 25.7 Å². The number of carboxylic acid groups (broad SMARTS) is 1. The summed E-state index contributed by atoms with van der Waals surface area (Å²) in [6.45, 7) is 0.642. The van der Waals surface area contributed by atoms with E-state index in [-0.39, 0.29) is 17.7 Å². The fraction of sp³-hybridized carbons (Fsp3) is 0.600. The molecule has 1 heterocycles. The van der Waals surface area contributed by atoms with Crippen molar-refractivity contribution in [3.05, 3.63) is 5.28 Å². The van der Waals surface area contributed by atoms with Crippen LogP contribution in [0, 0.1) is 0 Å². The first-order chi connectivity index (χ1) is 8.61. The second kappa shape index (κ2) is 7.65. The monoisotopic (exact) mass is 274 g/mol. The molecule has 0 unspecified atom stereocenters. The van der Waals surface area contributed by atoms with Gasteiger partial charge >= 0.3 is 12.0 Å². The quantitative estimate of drug-likeness (QED) is 0.695. The van der Waals surface area contributed by atoms with Crippen LogP contribution in [-0.2, 0) is 4.79 Å². The van der Waals surface area contributed by atoms with Crippen molar-refractivity contribution in [3.63, 3.8) is 0 Å². The second-order valence-electron chi connectivity index (χ2n) is 3.55. The van der Waals surface area contributed by atoms with Gasteiger partial charge in [0.15, 0.2) is 0 Å². The Morgan fingerprint density at radius 1 is 1.33 bits per heavy atom. The number of hydrogen-bond donors (Lipinski definition) is 2. The third kappa shape index (κ3) is 5.62. The molecule has 8 heteroatoms. The Kier molecular flexibility index (Phi) is 6.13. The third-order valence-electron chi connectivity index (χ3n) is 2.12. The van der Waals surface area contributed by atoms with Crippen molar-refractivity contribution in [1.29, 1.82) is 0 Å². The van der Waals surface area contributed by atoms with Crippen LogP contribution in [0.2, 0.25) is 5.28 Å². The van der Waals surface area contributed by atoms with Crippen molar-refractivity contribution in [1.82, 2.24) is 15.0 Å². The van der Waals surface area contributed by atoms with Crippen molar-refractivity contribution in [3.8, 4) is 6.01 Å². The maximum Gasteiger partial charge on any atom is 0.322 e. The first kappa shape index (κ1) is 14.4. The van der Waals surface area contributed by atoms with Crippen LogP contribution >= 0.6 is 11.6 Å². The molecule has 1 rings (SSSR count). The topological polar surface area (TPSA) is 97.2 Å². The standard InChI is InChI=1S/C10H15ClN4O3/c1-18-10-14-8(11)13-9(15-10)12-6-4-2-3-5-7(16)17/h2-6H2,1H3,(H,16,17)(H,12,13,14,15). The molecule has 0 radical (unpaired) electrons. The lowest BCUT2D eigenvalue weighted by Crippen LogP contribution is -2.07. The predicted octanol–water partition coefficient (Wildman–Crippen LogP) is 1.59. The molecule has 0 aliphatic rings. The first-order valence-corrected chi connectivity index (χ1v) is 5.91. The highest BCUT2D eigenvalue weighted by Gasteiger charge is 2.04. The fourth-order valence-electron chi connectivity index (χ4n) is 1.28. The maximum absolute atomic E-state index is 10.3. The average Bonchev–Trinajstić information content (AvgIpc) is 2.32. The van der Waals surface area contributed by atoms with E-state index in [0.717, 1.165) is 12.8 Å². The van der Waals surface area contributed by atoms with Crippen LogP contribution in [0.5, 0.6) is 6.01 Å². The number of methoxy groups -OCH3 is 1. The summed E-state index contributed by atoms with van der Waals surface area (Å²) in [4.78, 5) is 21.9. The van der Waals surface area contributed by atoms with Gasteiger partial charge in [-0.2, -0.15) is 15.0 Å². The van der Waals surface area contributed by atoms with E-state index in [1.165, 1.54) is 7.11 Å². The van der Waals surface area contributed by atoms with Crippen molar-refractivity contribution >= 4 is 23.5 Å². The van der Waals surface area contributed by atoms with Gasteiger partial charge in [-0.05, 0) is 24.4 Å². The number of aliphatic carboxylic acids is 1. The number of carboxylic acids is 1. The van der Waals surface area contributed by atoms with E-state index in [1.54, 1.807) is 0 Å². The van der Waals surface area contributed by atoms with Gasteiger partial charge in [0, 0.05) is 13.0 Å². The Morgan fingerprint density at radius 3 is 2.78 bits per heavy atom. The van der Waals surface area contributed by atoms with Gasteiger partial charge in [0.2, 0.25) is 11.2 Å². The second-order valence-corrected chi connectivity index (χ2v) is 3.88. The van der Waals surface area contributed by atoms with Crippen LogP contribution in [0.25, 0.3) is 0 Å². The van der Waals surface area contributed by atoms with Crippen LogP contribution in [-0.4, -0.2) is 39.7 Å². The predicted molar refractivity (Wildman–Crippen MR) is 66.0 cm³/mol. The highest BCUT2D eigenvalue weighted by molar-refractivity contribution is 6.28. The smallest absolute Gasteiger partial charge is 0.322 e. The minimum Gasteiger partial charge on any atom is -0.481 e. The van der Waals surface area contributed by atoms with Gasteiger partial charge in [-0.25, -0.2) is 0 Å². The van der Waals surface area contributed by atoms with Crippen molar-refractivity contribution in [2.45, 2.75) is 25.7 Å². The lowest BCUT2D eigenvalue weighted by Gasteiger charge is -2.05. The Labute approximate surface area is 110 Å². The van der Waals surface area contributed by atoms with E-state index < -0.39 is 5.97 Å². The van der Waals surface area contributed by atoms with E-state index in [4.69, 9.17) is 21.4 Å². The Bertz CT molecular complexity index is 403. The lowest BCUT2D eigenvalue weighted by atomic mass is 10.2. The SMILES string of the molecule is COc1nc(Cl)nc(NCCCCCC(=O)O)n1. The van der Waals surface area contributed by atoms with E-state index >= 15 is 0 Å². The minimum atomic E-state index is -0.767. The molecule has 0 bridgehead atoms. The molecule has 0 atom stereocenters. The number of nitrogens with zero attached hydrogens (tertiary/aromatic N) is 3. The van der Waals surface area contributed by atoms with E-state index in [2.05, 4.69) is 20.3 Å². The van der Waals surface area contributed by atoms with E-state index in [1.807, 2.05) is 0 Å². The first-order valence-electron chi connectivity index (χ1n) is 5.53. The number of anilines is 1. The summed E-state index contributed by atoms with van der Waals surface area (Å²) in [7, 11) is 1.45. The number of aromatic nitrogens is 3. The summed E-state index contributed by atoms with van der Waals surface area (Å²) in [5.74, 6) is -0.415. The molecule has 0 aromatic carbocycles. The molecule has 0 spiro atoms. The van der Waals surface area contributed by atoms with Gasteiger partial charge in [0.1, 0.15) is 0 Å². The van der Waals surface area contributed by atoms with Crippen molar-refractivity contribution < 1.29 is 14.6 Å². The van der Waals surface area contributed by atoms with Crippen molar-refractivity contribution in [2.24, 2.45) is 0 Å². The lowest BCUT2D eigenvalue weighted by molar-refractivity contribution is -0.137. The number of ether oxygens (including phenoxy) is 1. The summed E-state index contributed by atoms with van der Waals surface area (Å²) >= 11 is 5.68. The van der Waals surface area contributed by atoms with Gasteiger partial charge in [-0.15, -0.1) is 0 Å². The van der Waals surface area contributed by atoms with Gasteiger partial charge in [0.05, 0.1) is 7.11 Å². The zero-order valence-electron chi connectivity index (χ0n) is 10.0. The summed E-state index contributed by atoms with van der Waals surface area (Å²) in [5, 5.41) is 11.5. The molecule has 0 fully saturated rings. The zero-order chi connectivity index (χ0) is 13.4. The van der Waals surface area contributed by atoms with E-state index in [9.17, 15) is 4.79 Å². The number of hydrogen-bond acceptors (Lipinski definition) is 6. The molecule has 0 aliphatic carbocycles. The molecule has 1 aromatic rings. The van der Waals surface area contributed by atoms with Gasteiger partial charge in [-0.1, -0.05) is 6.42 Å². The molecular formula is C10H15ClN4O3. The largest absolute Gasteiger partial charge is 0.481 e. The molecular weight excluding hydrogens is 260 g/mol. The number of halogens is 1. The Hall–Kier alpha value is -1.63. The zero-order valence-corrected chi connectivity index (χ0v) is 10.8. The van der Waals surface area contributed by atoms with Gasteiger partial charge in [-0.3, -0.25) is 4.79 Å². The highest BCUT2D eigenvalue weighted by Crippen LogP contribution is 2.10. The minimum absolute atomic E-state index is 0.0650. The van der Waals surface area contributed by atoms with E-state index in [0.29, 0.717) is 18.9 Å².